The first-order chi connectivity index (χ1) is 17.6. The van der Waals surface area contributed by atoms with Crippen LogP contribution >= 0.6 is 0 Å². The van der Waals surface area contributed by atoms with Gasteiger partial charge in [-0.2, -0.15) is 5.26 Å². The van der Waals surface area contributed by atoms with E-state index in [4.69, 9.17) is 0 Å². The molecule has 3 heteroatoms. The second-order valence-corrected chi connectivity index (χ2v) is 9.66. The maximum Gasteiger partial charge on any atom is 0.0999 e. The van der Waals surface area contributed by atoms with Crippen molar-refractivity contribution in [3.63, 3.8) is 0 Å². The molecule has 36 heavy (non-hydrogen) atoms. The van der Waals surface area contributed by atoms with Crippen molar-refractivity contribution in [2.75, 3.05) is 4.90 Å². The summed E-state index contributed by atoms with van der Waals surface area (Å²) in [6.45, 7) is 4.61. The number of hydrogen-bond donors (Lipinski definition) is 0. The molecule has 0 atom stereocenters. The molecule has 2 heterocycles. The van der Waals surface area contributed by atoms with Gasteiger partial charge >= 0.3 is 0 Å². The summed E-state index contributed by atoms with van der Waals surface area (Å²) < 4.78 is 0. The van der Waals surface area contributed by atoms with Gasteiger partial charge in [-0.25, -0.2) is 0 Å². The van der Waals surface area contributed by atoms with E-state index in [1.54, 1.807) is 18.5 Å². The molecule has 1 aromatic heterocycles. The molecule has 0 fully saturated rings. The predicted octanol–water partition coefficient (Wildman–Crippen LogP) is 8.40. The van der Waals surface area contributed by atoms with Crippen molar-refractivity contribution in [2.24, 2.45) is 0 Å². The van der Waals surface area contributed by atoms with Gasteiger partial charge in [0.15, 0.2) is 0 Å². The molecule has 0 saturated carbocycles. The molecule has 1 aliphatic heterocycles. The number of rotatable bonds is 3. The summed E-state index contributed by atoms with van der Waals surface area (Å²) in [4.78, 5) is 6.58. The van der Waals surface area contributed by atoms with Crippen LogP contribution in [-0.4, -0.2) is 4.98 Å². The smallest absolute Gasteiger partial charge is 0.0999 e. The maximum atomic E-state index is 9.46. The van der Waals surface area contributed by atoms with Gasteiger partial charge in [0.05, 0.1) is 23.0 Å². The van der Waals surface area contributed by atoms with E-state index >= 15 is 0 Å². The lowest BCUT2D eigenvalue weighted by Crippen LogP contribution is -2.30. The van der Waals surface area contributed by atoms with Gasteiger partial charge < -0.3 is 4.90 Å². The Balaban J connectivity index is 1.43. The monoisotopic (exact) mass is 463 g/mol. The molecule has 6 rings (SSSR count). The molecule has 0 unspecified atom stereocenters. The zero-order valence-electron chi connectivity index (χ0n) is 20.3. The van der Waals surface area contributed by atoms with Crippen molar-refractivity contribution >= 4 is 17.1 Å². The first-order valence-electron chi connectivity index (χ1n) is 12.1. The van der Waals surface area contributed by atoms with Crippen molar-refractivity contribution in [2.45, 2.75) is 19.3 Å². The third-order valence-electron chi connectivity index (χ3n) is 7.21. The molecule has 4 aromatic carbocycles. The Morgan fingerprint density at radius 3 is 2.00 bits per heavy atom. The number of aromatic nitrogens is 1. The molecule has 0 N–H and O–H groups in total. The molecule has 3 nitrogen and oxygen atoms in total. The lowest BCUT2D eigenvalue weighted by atomic mass is 9.73. The predicted molar refractivity (Wildman–Crippen MR) is 147 cm³/mol. The van der Waals surface area contributed by atoms with E-state index in [-0.39, 0.29) is 5.41 Å². The number of benzene rings is 4. The summed E-state index contributed by atoms with van der Waals surface area (Å²) in [6.07, 6.45) is 3.40. The fraction of sp³-hybridized carbons (Fsp3) is 0.0909. The zero-order chi connectivity index (χ0) is 24.7. The highest BCUT2D eigenvalue weighted by atomic mass is 15.2. The largest absolute Gasteiger partial charge is 0.310 e. The van der Waals surface area contributed by atoms with E-state index in [2.05, 4.69) is 127 Å². The highest BCUT2D eigenvalue weighted by molar-refractivity contribution is 5.87. The normalized spacial score (nSPS) is 13.4. The van der Waals surface area contributed by atoms with Gasteiger partial charge in [0, 0.05) is 29.1 Å². The average molecular weight is 464 g/mol. The van der Waals surface area contributed by atoms with Gasteiger partial charge in [0.1, 0.15) is 0 Å². The van der Waals surface area contributed by atoms with Gasteiger partial charge in [-0.1, -0.05) is 86.6 Å². The SMILES string of the molecule is CC1(C)c2ccccc2N(c2cccc(-c3ccc(-c4cnccc4C#N)cc3)c2)c2ccccc21. The van der Waals surface area contributed by atoms with Gasteiger partial charge in [0.2, 0.25) is 0 Å². The van der Waals surface area contributed by atoms with E-state index in [0.29, 0.717) is 5.56 Å². The Kier molecular flexibility index (Phi) is 5.16. The summed E-state index contributed by atoms with van der Waals surface area (Å²) in [5.41, 5.74) is 10.9. The van der Waals surface area contributed by atoms with E-state index in [1.807, 2.05) is 0 Å². The Morgan fingerprint density at radius 2 is 1.33 bits per heavy atom. The van der Waals surface area contributed by atoms with E-state index in [9.17, 15) is 5.26 Å². The second kappa shape index (κ2) is 8.52. The minimum Gasteiger partial charge on any atom is -0.310 e. The van der Waals surface area contributed by atoms with Crippen LogP contribution in [0.4, 0.5) is 17.1 Å². The van der Waals surface area contributed by atoms with Gasteiger partial charge in [-0.05, 0) is 58.1 Å². The van der Waals surface area contributed by atoms with Crippen LogP contribution in [0.5, 0.6) is 0 Å². The van der Waals surface area contributed by atoms with Crippen LogP contribution in [0.15, 0.2) is 116 Å². The molecule has 0 bridgehead atoms. The van der Waals surface area contributed by atoms with Gasteiger partial charge in [-0.15, -0.1) is 0 Å². The molecule has 0 aliphatic carbocycles. The number of anilines is 3. The molecule has 0 amide bonds. The van der Waals surface area contributed by atoms with E-state index in [0.717, 1.165) is 27.9 Å². The Morgan fingerprint density at radius 1 is 0.694 bits per heavy atom. The van der Waals surface area contributed by atoms with Crippen LogP contribution in [-0.2, 0) is 5.41 Å². The lowest BCUT2D eigenvalue weighted by Gasteiger charge is -2.42. The molecule has 172 valence electrons. The number of nitriles is 1. The number of nitrogens with zero attached hydrogens (tertiary/aromatic N) is 3. The van der Waals surface area contributed by atoms with Crippen LogP contribution in [0.3, 0.4) is 0 Å². The van der Waals surface area contributed by atoms with Crippen molar-refractivity contribution in [3.05, 3.63) is 132 Å². The summed E-state index contributed by atoms with van der Waals surface area (Å²) in [7, 11) is 0. The van der Waals surface area contributed by atoms with Crippen molar-refractivity contribution in [3.8, 4) is 28.3 Å². The van der Waals surface area contributed by atoms with E-state index < -0.39 is 0 Å². The Labute approximate surface area is 211 Å². The summed E-state index contributed by atoms with van der Waals surface area (Å²) in [5, 5.41) is 9.46. The molecule has 0 radical (unpaired) electrons. The molecule has 0 saturated heterocycles. The van der Waals surface area contributed by atoms with Crippen LogP contribution in [0.2, 0.25) is 0 Å². The minimum absolute atomic E-state index is 0.0777. The summed E-state index contributed by atoms with van der Waals surface area (Å²) in [5.74, 6) is 0. The maximum absolute atomic E-state index is 9.46. The Hall–Kier alpha value is -4.68. The number of hydrogen-bond acceptors (Lipinski definition) is 3. The van der Waals surface area contributed by atoms with Gasteiger partial charge in [0.25, 0.3) is 0 Å². The third-order valence-corrected chi connectivity index (χ3v) is 7.21. The molecular formula is C33H25N3. The topological polar surface area (TPSA) is 39.9 Å². The van der Waals surface area contributed by atoms with Crippen LogP contribution in [0, 0.1) is 11.3 Å². The van der Waals surface area contributed by atoms with Gasteiger partial charge in [-0.3, -0.25) is 4.98 Å². The van der Waals surface area contributed by atoms with Crippen LogP contribution in [0.25, 0.3) is 22.3 Å². The summed E-state index contributed by atoms with van der Waals surface area (Å²) in [6, 6.07) is 38.5. The van der Waals surface area contributed by atoms with Crippen molar-refractivity contribution in [1.29, 1.82) is 5.26 Å². The molecular weight excluding hydrogens is 438 g/mol. The third kappa shape index (κ3) is 3.47. The molecule has 1 aliphatic rings. The standard InChI is InChI=1S/C33H25N3/c1-33(2)29-10-3-5-12-31(29)36(32-13-6-4-11-30(32)33)27-9-7-8-25(20-27)23-14-16-24(17-15-23)28-22-35-19-18-26(28)21-34/h3-20,22H,1-2H3. The van der Waals surface area contributed by atoms with Crippen molar-refractivity contribution < 1.29 is 0 Å². The quantitative estimate of drug-likeness (QED) is 0.270. The fourth-order valence-electron chi connectivity index (χ4n) is 5.34. The number of pyridine rings is 1. The Bertz CT molecular complexity index is 1570. The minimum atomic E-state index is -0.0777. The van der Waals surface area contributed by atoms with E-state index in [1.165, 1.54) is 22.5 Å². The molecule has 0 spiro atoms. The molecule has 5 aromatic rings. The number of fused-ring (bicyclic) bond motifs is 2. The average Bonchev–Trinajstić information content (AvgIpc) is 2.93. The number of para-hydroxylation sites is 2. The lowest BCUT2D eigenvalue weighted by molar-refractivity contribution is 0.632. The van der Waals surface area contributed by atoms with Crippen LogP contribution in [0.1, 0.15) is 30.5 Å². The zero-order valence-corrected chi connectivity index (χ0v) is 20.3. The first-order valence-corrected chi connectivity index (χ1v) is 12.1. The van der Waals surface area contributed by atoms with Crippen molar-refractivity contribution in [1.82, 2.24) is 4.98 Å². The van der Waals surface area contributed by atoms with Crippen LogP contribution < -0.4 is 4.90 Å². The highest BCUT2D eigenvalue weighted by Gasteiger charge is 2.36. The summed E-state index contributed by atoms with van der Waals surface area (Å²) >= 11 is 0. The second-order valence-electron chi connectivity index (χ2n) is 9.66. The fourth-order valence-corrected chi connectivity index (χ4v) is 5.34. The first kappa shape index (κ1) is 21.8. The highest BCUT2D eigenvalue weighted by Crippen LogP contribution is 2.51.